The number of benzene rings is 1. The van der Waals surface area contributed by atoms with Crippen molar-refractivity contribution >= 4 is 0 Å². The van der Waals surface area contributed by atoms with Crippen molar-refractivity contribution in [1.29, 1.82) is 0 Å². The van der Waals surface area contributed by atoms with Crippen LogP contribution in [-0.4, -0.2) is 17.2 Å². The molecule has 1 heterocycles. The van der Waals surface area contributed by atoms with Gasteiger partial charge in [-0.3, -0.25) is 4.98 Å². The first-order chi connectivity index (χ1) is 8.63. The minimum atomic E-state index is -1.26. The van der Waals surface area contributed by atoms with Crippen LogP contribution in [0, 0.1) is 11.6 Å². The van der Waals surface area contributed by atoms with E-state index < -0.39 is 17.7 Å². The van der Waals surface area contributed by atoms with Crippen molar-refractivity contribution in [3.05, 3.63) is 59.4 Å². The SMILES string of the molecule is COc1cccc(C(O)c2ccc(F)cn2)c1F. The maximum atomic E-state index is 13.9. The number of hydrogen-bond donors (Lipinski definition) is 1. The maximum absolute atomic E-state index is 13.9. The molecule has 1 unspecified atom stereocenters. The number of aliphatic hydroxyl groups is 1. The molecule has 94 valence electrons. The fourth-order valence-electron chi connectivity index (χ4n) is 1.60. The highest BCUT2D eigenvalue weighted by atomic mass is 19.1. The summed E-state index contributed by atoms with van der Waals surface area (Å²) in [7, 11) is 1.34. The Kier molecular flexibility index (Phi) is 3.53. The number of ether oxygens (including phenoxy) is 1. The van der Waals surface area contributed by atoms with Crippen molar-refractivity contribution in [2.45, 2.75) is 6.10 Å². The standard InChI is InChI=1S/C13H11F2NO2/c1-18-11-4-2-3-9(12(11)15)13(17)10-6-5-8(14)7-16-10/h2-7,13,17H,1H3. The number of halogens is 2. The average Bonchev–Trinajstić information content (AvgIpc) is 2.39. The molecule has 3 nitrogen and oxygen atoms in total. The lowest BCUT2D eigenvalue weighted by molar-refractivity contribution is 0.208. The third-order valence-electron chi connectivity index (χ3n) is 2.54. The summed E-state index contributed by atoms with van der Waals surface area (Å²) in [4.78, 5) is 3.72. The zero-order valence-electron chi connectivity index (χ0n) is 9.60. The molecule has 1 aromatic carbocycles. The Labute approximate surface area is 103 Å². The normalized spacial score (nSPS) is 12.2. The minimum absolute atomic E-state index is 0.0356. The first-order valence-corrected chi connectivity index (χ1v) is 5.25. The monoisotopic (exact) mass is 251 g/mol. The summed E-state index contributed by atoms with van der Waals surface area (Å²) in [6.45, 7) is 0. The van der Waals surface area contributed by atoms with Gasteiger partial charge in [-0.2, -0.15) is 0 Å². The fraction of sp³-hybridized carbons (Fsp3) is 0.154. The number of pyridine rings is 1. The first-order valence-electron chi connectivity index (χ1n) is 5.25. The molecule has 2 aromatic rings. The highest BCUT2D eigenvalue weighted by Crippen LogP contribution is 2.28. The Hall–Kier alpha value is -2.01. The summed E-state index contributed by atoms with van der Waals surface area (Å²) < 4.78 is 31.4. The molecule has 1 N–H and O–H groups in total. The lowest BCUT2D eigenvalue weighted by atomic mass is 10.0. The van der Waals surface area contributed by atoms with E-state index in [1.54, 1.807) is 6.07 Å². The van der Waals surface area contributed by atoms with Crippen molar-refractivity contribution < 1.29 is 18.6 Å². The van der Waals surface area contributed by atoms with Gasteiger partial charge in [0.1, 0.15) is 11.9 Å². The van der Waals surface area contributed by atoms with Crippen molar-refractivity contribution in [2.75, 3.05) is 7.11 Å². The third kappa shape index (κ3) is 2.31. The summed E-state index contributed by atoms with van der Waals surface area (Å²) in [6, 6.07) is 6.89. The molecule has 5 heteroatoms. The average molecular weight is 251 g/mol. The number of rotatable bonds is 3. The second-order valence-corrected chi connectivity index (χ2v) is 3.67. The molecular formula is C13H11F2NO2. The van der Waals surface area contributed by atoms with Gasteiger partial charge in [0.2, 0.25) is 0 Å². The first kappa shape index (κ1) is 12.4. The molecule has 0 aliphatic carbocycles. The zero-order chi connectivity index (χ0) is 13.1. The van der Waals surface area contributed by atoms with Gasteiger partial charge in [-0.05, 0) is 18.2 Å². The minimum Gasteiger partial charge on any atom is -0.494 e. The van der Waals surface area contributed by atoms with Gasteiger partial charge in [0.25, 0.3) is 0 Å². The van der Waals surface area contributed by atoms with Crippen LogP contribution in [0.5, 0.6) is 5.75 Å². The molecule has 0 fully saturated rings. The summed E-state index contributed by atoms with van der Waals surface area (Å²) in [5, 5.41) is 10.0. The molecule has 2 rings (SSSR count). The van der Waals surface area contributed by atoms with E-state index in [0.717, 1.165) is 12.3 Å². The van der Waals surface area contributed by atoms with Crippen molar-refractivity contribution in [1.82, 2.24) is 4.98 Å². The van der Waals surface area contributed by atoms with Gasteiger partial charge in [-0.1, -0.05) is 12.1 Å². The highest BCUT2D eigenvalue weighted by Gasteiger charge is 2.18. The van der Waals surface area contributed by atoms with Crippen LogP contribution in [0.25, 0.3) is 0 Å². The zero-order valence-corrected chi connectivity index (χ0v) is 9.60. The van der Waals surface area contributed by atoms with E-state index in [1.165, 1.54) is 25.3 Å². The van der Waals surface area contributed by atoms with Gasteiger partial charge in [0.15, 0.2) is 11.6 Å². The lowest BCUT2D eigenvalue weighted by Gasteiger charge is -2.13. The molecule has 0 aliphatic rings. The molecule has 0 spiro atoms. The Morgan fingerprint density at radius 3 is 2.61 bits per heavy atom. The van der Waals surface area contributed by atoms with Crippen LogP contribution in [0.15, 0.2) is 36.5 Å². The van der Waals surface area contributed by atoms with E-state index in [0.29, 0.717) is 0 Å². The van der Waals surface area contributed by atoms with Gasteiger partial charge in [-0.15, -0.1) is 0 Å². The summed E-state index contributed by atoms with van der Waals surface area (Å²) in [6.07, 6.45) is -0.294. The smallest absolute Gasteiger partial charge is 0.171 e. The van der Waals surface area contributed by atoms with E-state index >= 15 is 0 Å². The van der Waals surface area contributed by atoms with Crippen LogP contribution < -0.4 is 4.74 Å². The molecule has 1 atom stereocenters. The molecule has 0 bridgehead atoms. The van der Waals surface area contributed by atoms with E-state index in [-0.39, 0.29) is 17.0 Å². The van der Waals surface area contributed by atoms with Gasteiger partial charge < -0.3 is 9.84 Å². The molecule has 18 heavy (non-hydrogen) atoms. The lowest BCUT2D eigenvalue weighted by Crippen LogP contribution is -2.06. The van der Waals surface area contributed by atoms with Gasteiger partial charge in [-0.25, -0.2) is 8.78 Å². The number of aliphatic hydroxyl groups excluding tert-OH is 1. The quantitative estimate of drug-likeness (QED) is 0.911. The van der Waals surface area contributed by atoms with Gasteiger partial charge >= 0.3 is 0 Å². The maximum Gasteiger partial charge on any atom is 0.171 e. The second kappa shape index (κ2) is 5.10. The second-order valence-electron chi connectivity index (χ2n) is 3.67. The molecule has 0 radical (unpaired) electrons. The van der Waals surface area contributed by atoms with E-state index in [4.69, 9.17) is 4.74 Å². The van der Waals surface area contributed by atoms with Crippen LogP contribution in [0.1, 0.15) is 17.4 Å². The number of hydrogen-bond acceptors (Lipinski definition) is 3. The largest absolute Gasteiger partial charge is 0.494 e. The van der Waals surface area contributed by atoms with Gasteiger partial charge in [0.05, 0.1) is 19.0 Å². The Balaban J connectivity index is 2.39. The molecule has 0 aliphatic heterocycles. The highest BCUT2D eigenvalue weighted by molar-refractivity contribution is 5.35. The third-order valence-corrected chi connectivity index (χ3v) is 2.54. The number of methoxy groups -OCH3 is 1. The number of nitrogens with zero attached hydrogens (tertiary/aromatic N) is 1. The van der Waals surface area contributed by atoms with Gasteiger partial charge in [0, 0.05) is 5.56 Å². The Morgan fingerprint density at radius 1 is 1.22 bits per heavy atom. The van der Waals surface area contributed by atoms with E-state index in [9.17, 15) is 13.9 Å². The predicted molar refractivity (Wildman–Crippen MR) is 61.2 cm³/mol. The summed E-state index contributed by atoms with van der Waals surface area (Å²) >= 11 is 0. The fourth-order valence-corrected chi connectivity index (χ4v) is 1.60. The van der Waals surface area contributed by atoms with Crippen LogP contribution in [-0.2, 0) is 0 Å². The molecule has 1 aromatic heterocycles. The molecule has 0 saturated heterocycles. The van der Waals surface area contributed by atoms with Crippen LogP contribution in [0.2, 0.25) is 0 Å². The Bertz CT molecular complexity index is 543. The molecular weight excluding hydrogens is 240 g/mol. The van der Waals surface area contributed by atoms with Crippen molar-refractivity contribution in [3.8, 4) is 5.75 Å². The van der Waals surface area contributed by atoms with E-state index in [2.05, 4.69) is 4.98 Å². The van der Waals surface area contributed by atoms with Crippen molar-refractivity contribution in [2.24, 2.45) is 0 Å². The van der Waals surface area contributed by atoms with E-state index in [1.807, 2.05) is 0 Å². The molecule has 0 saturated carbocycles. The number of aromatic nitrogens is 1. The Morgan fingerprint density at radius 2 is 2.00 bits per heavy atom. The summed E-state index contributed by atoms with van der Waals surface area (Å²) in [5.41, 5.74) is 0.206. The van der Waals surface area contributed by atoms with Crippen LogP contribution in [0.4, 0.5) is 8.78 Å². The van der Waals surface area contributed by atoms with Crippen LogP contribution >= 0.6 is 0 Å². The van der Waals surface area contributed by atoms with Crippen molar-refractivity contribution in [3.63, 3.8) is 0 Å². The summed E-state index contributed by atoms with van der Waals surface area (Å²) in [5.74, 6) is -1.13. The molecule has 0 amide bonds. The topological polar surface area (TPSA) is 42.4 Å². The predicted octanol–water partition coefficient (Wildman–Crippen LogP) is 2.45. The van der Waals surface area contributed by atoms with Crippen LogP contribution in [0.3, 0.4) is 0 Å².